The number of anilines is 1. The fourth-order valence-corrected chi connectivity index (χ4v) is 2.10. The molecule has 0 aliphatic rings. The molecular formula is C12H7Cl2F3N2. The summed E-state index contributed by atoms with van der Waals surface area (Å²) in [6.07, 6.45) is 0. The summed E-state index contributed by atoms with van der Waals surface area (Å²) in [6.45, 7) is 0. The zero-order chi connectivity index (χ0) is 14.2. The predicted molar refractivity (Wildman–Crippen MR) is 69.1 cm³/mol. The molecule has 0 amide bonds. The van der Waals surface area contributed by atoms with Crippen molar-refractivity contribution in [1.82, 2.24) is 4.98 Å². The lowest BCUT2D eigenvalue weighted by molar-refractivity contribution is 0.447. The third kappa shape index (κ3) is 2.62. The van der Waals surface area contributed by atoms with Gasteiger partial charge in [-0.05, 0) is 18.2 Å². The Hall–Kier alpha value is -1.46. The smallest absolute Gasteiger partial charge is 0.194 e. The molecule has 1 aromatic carbocycles. The maximum Gasteiger partial charge on any atom is 0.194 e. The molecule has 1 heterocycles. The van der Waals surface area contributed by atoms with Gasteiger partial charge in [-0.15, -0.1) is 0 Å². The molecule has 1 aromatic heterocycles. The summed E-state index contributed by atoms with van der Waals surface area (Å²) >= 11 is 11.8. The van der Waals surface area contributed by atoms with Crippen molar-refractivity contribution in [2.24, 2.45) is 0 Å². The van der Waals surface area contributed by atoms with Crippen LogP contribution in [0.5, 0.6) is 0 Å². The van der Waals surface area contributed by atoms with Gasteiger partial charge in [0.25, 0.3) is 0 Å². The van der Waals surface area contributed by atoms with Crippen LogP contribution in [0.3, 0.4) is 0 Å². The second kappa shape index (κ2) is 5.27. The highest BCUT2D eigenvalue weighted by Gasteiger charge is 2.16. The lowest BCUT2D eigenvalue weighted by Gasteiger charge is -2.09. The fraction of sp³-hybridized carbons (Fsp3) is 0.0833. The Kier molecular flexibility index (Phi) is 3.87. The molecule has 1 N–H and O–H groups in total. The number of hydrogen-bond donors (Lipinski definition) is 1. The van der Waals surface area contributed by atoms with Crippen molar-refractivity contribution >= 4 is 29.0 Å². The van der Waals surface area contributed by atoms with Crippen LogP contribution in [-0.2, 0) is 0 Å². The van der Waals surface area contributed by atoms with E-state index >= 15 is 0 Å². The van der Waals surface area contributed by atoms with Crippen molar-refractivity contribution < 1.29 is 13.2 Å². The predicted octanol–water partition coefficient (Wildman–Crippen LogP) is 4.51. The van der Waals surface area contributed by atoms with E-state index in [1.807, 2.05) is 0 Å². The van der Waals surface area contributed by atoms with E-state index in [1.54, 1.807) is 7.05 Å². The van der Waals surface area contributed by atoms with Gasteiger partial charge in [0.2, 0.25) is 0 Å². The summed E-state index contributed by atoms with van der Waals surface area (Å²) in [7, 11) is 1.58. The van der Waals surface area contributed by atoms with E-state index in [1.165, 1.54) is 6.07 Å². The average Bonchev–Trinajstić information content (AvgIpc) is 2.35. The molecule has 0 radical (unpaired) electrons. The van der Waals surface area contributed by atoms with Crippen LogP contribution in [0.2, 0.25) is 10.0 Å². The Labute approximate surface area is 117 Å². The van der Waals surface area contributed by atoms with Gasteiger partial charge < -0.3 is 5.32 Å². The minimum Gasteiger partial charge on any atom is -0.372 e. The summed E-state index contributed by atoms with van der Waals surface area (Å²) in [5.41, 5.74) is 0.128. The summed E-state index contributed by atoms with van der Waals surface area (Å²) < 4.78 is 39.3. The molecule has 100 valence electrons. The highest BCUT2D eigenvalue weighted by molar-refractivity contribution is 6.37. The van der Waals surface area contributed by atoms with E-state index in [-0.39, 0.29) is 21.3 Å². The van der Waals surface area contributed by atoms with E-state index < -0.39 is 17.5 Å². The van der Waals surface area contributed by atoms with Gasteiger partial charge >= 0.3 is 0 Å². The third-order valence-corrected chi connectivity index (χ3v) is 3.00. The number of hydrogen-bond acceptors (Lipinski definition) is 2. The number of rotatable bonds is 2. The first kappa shape index (κ1) is 14.0. The standard InChI is InChI=1S/C12H7Cl2F3N2/c1-18-12-7(14)4-6(13)11(19-12)5-2-8(15)10(17)9(16)3-5/h2-4H,1H3,(H,18,19). The van der Waals surface area contributed by atoms with Crippen LogP contribution in [0.1, 0.15) is 0 Å². The maximum atomic E-state index is 13.2. The molecule has 2 rings (SSSR count). The lowest BCUT2D eigenvalue weighted by atomic mass is 10.1. The molecule has 0 atom stereocenters. The quantitative estimate of drug-likeness (QED) is 0.825. The van der Waals surface area contributed by atoms with Gasteiger partial charge in [0, 0.05) is 12.6 Å². The molecule has 0 saturated carbocycles. The number of halogens is 5. The van der Waals surface area contributed by atoms with Crippen LogP contribution >= 0.6 is 23.2 Å². The van der Waals surface area contributed by atoms with Crippen molar-refractivity contribution in [3.05, 3.63) is 45.7 Å². The van der Waals surface area contributed by atoms with E-state index in [2.05, 4.69) is 10.3 Å². The average molecular weight is 307 g/mol. The SMILES string of the molecule is CNc1nc(-c2cc(F)c(F)c(F)c2)c(Cl)cc1Cl. The molecular weight excluding hydrogens is 300 g/mol. The van der Waals surface area contributed by atoms with E-state index in [4.69, 9.17) is 23.2 Å². The Bertz CT molecular complexity index is 624. The Balaban J connectivity index is 2.65. The zero-order valence-corrected chi connectivity index (χ0v) is 11.1. The van der Waals surface area contributed by atoms with Crippen molar-refractivity contribution in [1.29, 1.82) is 0 Å². The molecule has 0 saturated heterocycles. The molecule has 0 spiro atoms. The number of pyridine rings is 1. The topological polar surface area (TPSA) is 24.9 Å². The van der Waals surface area contributed by atoms with Gasteiger partial charge in [-0.25, -0.2) is 18.2 Å². The van der Waals surface area contributed by atoms with E-state index in [0.717, 1.165) is 12.1 Å². The first-order valence-corrected chi connectivity index (χ1v) is 5.88. The summed E-state index contributed by atoms with van der Waals surface area (Å²) in [4.78, 5) is 4.04. The molecule has 2 aromatic rings. The molecule has 2 nitrogen and oxygen atoms in total. The molecule has 19 heavy (non-hydrogen) atoms. The first-order chi connectivity index (χ1) is 8.93. The maximum absolute atomic E-state index is 13.2. The monoisotopic (exact) mass is 306 g/mol. The number of nitrogens with zero attached hydrogens (tertiary/aromatic N) is 1. The minimum absolute atomic E-state index is 0.0227. The van der Waals surface area contributed by atoms with Gasteiger partial charge in [-0.1, -0.05) is 23.2 Å². The van der Waals surface area contributed by atoms with Gasteiger partial charge in [0.15, 0.2) is 17.5 Å². The van der Waals surface area contributed by atoms with Crippen LogP contribution < -0.4 is 5.32 Å². The van der Waals surface area contributed by atoms with Gasteiger partial charge in [-0.3, -0.25) is 0 Å². The second-order valence-electron chi connectivity index (χ2n) is 3.65. The molecule has 0 aliphatic heterocycles. The van der Waals surface area contributed by atoms with Crippen LogP contribution in [0, 0.1) is 17.5 Å². The zero-order valence-electron chi connectivity index (χ0n) is 9.57. The summed E-state index contributed by atoms with van der Waals surface area (Å²) in [5, 5.41) is 3.08. The van der Waals surface area contributed by atoms with Crippen molar-refractivity contribution in [3.8, 4) is 11.3 Å². The van der Waals surface area contributed by atoms with Gasteiger partial charge in [-0.2, -0.15) is 0 Å². The highest BCUT2D eigenvalue weighted by atomic mass is 35.5. The Morgan fingerprint density at radius 3 is 2.11 bits per heavy atom. The van der Waals surface area contributed by atoms with Crippen LogP contribution in [0.15, 0.2) is 18.2 Å². The molecule has 0 fully saturated rings. The Morgan fingerprint density at radius 2 is 1.58 bits per heavy atom. The minimum atomic E-state index is -1.54. The fourth-order valence-electron chi connectivity index (χ4n) is 1.54. The van der Waals surface area contributed by atoms with E-state index in [0.29, 0.717) is 5.82 Å². The van der Waals surface area contributed by atoms with Crippen molar-refractivity contribution in [2.75, 3.05) is 12.4 Å². The van der Waals surface area contributed by atoms with Gasteiger partial charge in [0.05, 0.1) is 15.7 Å². The normalized spacial score (nSPS) is 10.6. The summed E-state index contributed by atoms with van der Waals surface area (Å²) in [6, 6.07) is 3.02. The number of benzene rings is 1. The molecule has 7 heteroatoms. The highest BCUT2D eigenvalue weighted by Crippen LogP contribution is 2.33. The number of aromatic nitrogens is 1. The van der Waals surface area contributed by atoms with Crippen LogP contribution in [0.25, 0.3) is 11.3 Å². The summed E-state index contributed by atoms with van der Waals surface area (Å²) in [5.74, 6) is -3.86. The van der Waals surface area contributed by atoms with Gasteiger partial charge in [0.1, 0.15) is 5.82 Å². The molecule has 0 bridgehead atoms. The van der Waals surface area contributed by atoms with E-state index in [9.17, 15) is 13.2 Å². The van der Waals surface area contributed by atoms with Crippen LogP contribution in [-0.4, -0.2) is 12.0 Å². The first-order valence-electron chi connectivity index (χ1n) is 5.12. The largest absolute Gasteiger partial charge is 0.372 e. The molecule has 0 unspecified atom stereocenters. The van der Waals surface area contributed by atoms with Crippen molar-refractivity contribution in [2.45, 2.75) is 0 Å². The van der Waals surface area contributed by atoms with Crippen LogP contribution in [0.4, 0.5) is 19.0 Å². The lowest BCUT2D eigenvalue weighted by Crippen LogP contribution is -1.98. The molecule has 0 aliphatic carbocycles. The number of nitrogens with one attached hydrogen (secondary N) is 1. The van der Waals surface area contributed by atoms with Crippen molar-refractivity contribution in [3.63, 3.8) is 0 Å². The third-order valence-electron chi connectivity index (χ3n) is 2.42. The Morgan fingerprint density at radius 1 is 1.00 bits per heavy atom. The second-order valence-corrected chi connectivity index (χ2v) is 4.47.